The van der Waals surface area contributed by atoms with E-state index in [1.54, 1.807) is 25.5 Å². The number of nitrogens with zero attached hydrogens (tertiary/aromatic N) is 4. The molecule has 2 heterocycles. The van der Waals surface area contributed by atoms with Gasteiger partial charge in [-0.05, 0) is 66.7 Å². The van der Waals surface area contributed by atoms with E-state index < -0.39 is 17.6 Å². The number of aromatic amines is 1. The van der Waals surface area contributed by atoms with Crippen molar-refractivity contribution in [2.24, 2.45) is 10.7 Å². The highest BCUT2D eigenvalue weighted by Gasteiger charge is 2.22. The predicted octanol–water partition coefficient (Wildman–Crippen LogP) is 5.45. The Bertz CT molecular complexity index is 1730. The smallest absolute Gasteiger partial charge is 0.260 e. The van der Waals surface area contributed by atoms with Crippen LogP contribution in [0.2, 0.25) is 0 Å². The molecule has 0 aliphatic rings. The Labute approximate surface area is 217 Å². The Morgan fingerprint density at radius 3 is 2.50 bits per heavy atom. The molecule has 38 heavy (non-hydrogen) atoms. The number of amides is 2. The highest BCUT2D eigenvalue weighted by Crippen LogP contribution is 2.38. The molecule has 0 spiro atoms. The van der Waals surface area contributed by atoms with Gasteiger partial charge in [0, 0.05) is 41.8 Å². The monoisotopic (exact) mass is 506 g/mol. The lowest BCUT2D eigenvalue weighted by Crippen LogP contribution is -2.27. The SMILES string of the molecule is C=Nc1ccc(F)cc1C(=O)N(C)c1cccc(-c2ccc(C(N)=O)c3[nH]c(-c4cncnc4)cc23)c1C. The van der Waals surface area contributed by atoms with Crippen molar-refractivity contribution >= 4 is 40.8 Å². The molecule has 0 unspecified atom stereocenters. The fourth-order valence-electron chi connectivity index (χ4n) is 4.64. The molecular formula is C29H23FN6O2. The van der Waals surface area contributed by atoms with Gasteiger partial charge in [-0.2, -0.15) is 0 Å². The third-order valence-corrected chi connectivity index (χ3v) is 6.55. The average Bonchev–Trinajstić information content (AvgIpc) is 3.38. The molecule has 0 atom stereocenters. The maximum atomic E-state index is 14.0. The predicted molar refractivity (Wildman–Crippen MR) is 146 cm³/mol. The second kappa shape index (κ2) is 9.70. The second-order valence-electron chi connectivity index (χ2n) is 8.76. The number of aromatic nitrogens is 3. The molecule has 0 saturated carbocycles. The number of nitrogens with one attached hydrogen (secondary N) is 1. The van der Waals surface area contributed by atoms with Gasteiger partial charge in [-0.3, -0.25) is 14.6 Å². The van der Waals surface area contributed by atoms with Crippen molar-refractivity contribution in [3.63, 3.8) is 0 Å². The summed E-state index contributed by atoms with van der Waals surface area (Å²) in [6.07, 6.45) is 4.79. The van der Waals surface area contributed by atoms with Gasteiger partial charge in [-0.15, -0.1) is 0 Å². The Hall–Kier alpha value is -5.18. The number of H-pyrrole nitrogens is 1. The van der Waals surface area contributed by atoms with Gasteiger partial charge in [0.15, 0.2) is 0 Å². The fraction of sp³-hybridized carbons (Fsp3) is 0.0690. The van der Waals surface area contributed by atoms with Crippen LogP contribution in [0.1, 0.15) is 26.3 Å². The molecule has 0 radical (unpaired) electrons. The fourth-order valence-corrected chi connectivity index (χ4v) is 4.64. The van der Waals surface area contributed by atoms with Crippen molar-refractivity contribution in [2.75, 3.05) is 11.9 Å². The highest BCUT2D eigenvalue weighted by atomic mass is 19.1. The molecule has 3 N–H and O–H groups in total. The number of primary amides is 1. The van der Waals surface area contributed by atoms with E-state index in [1.807, 2.05) is 37.3 Å². The lowest BCUT2D eigenvalue weighted by Gasteiger charge is -2.22. The summed E-state index contributed by atoms with van der Waals surface area (Å²) in [6.45, 7) is 5.39. The van der Waals surface area contributed by atoms with Gasteiger partial charge >= 0.3 is 0 Å². The number of carbonyl (C=O) groups excluding carboxylic acids is 2. The van der Waals surface area contributed by atoms with Crippen LogP contribution < -0.4 is 10.6 Å². The molecule has 0 aliphatic heterocycles. The molecule has 9 heteroatoms. The molecule has 0 aliphatic carbocycles. The minimum Gasteiger partial charge on any atom is -0.366 e. The summed E-state index contributed by atoms with van der Waals surface area (Å²) in [6, 6.07) is 14.8. The van der Waals surface area contributed by atoms with Crippen LogP contribution in [-0.2, 0) is 0 Å². The third-order valence-electron chi connectivity index (χ3n) is 6.55. The summed E-state index contributed by atoms with van der Waals surface area (Å²) in [5.74, 6) is -1.52. The van der Waals surface area contributed by atoms with Crippen LogP contribution >= 0.6 is 0 Å². The summed E-state index contributed by atoms with van der Waals surface area (Å²) in [4.78, 5) is 42.3. The summed E-state index contributed by atoms with van der Waals surface area (Å²) < 4.78 is 14.0. The lowest BCUT2D eigenvalue weighted by atomic mass is 9.94. The Morgan fingerprint density at radius 1 is 1.03 bits per heavy atom. The van der Waals surface area contributed by atoms with E-state index >= 15 is 0 Å². The van der Waals surface area contributed by atoms with Crippen LogP contribution in [0.3, 0.4) is 0 Å². The van der Waals surface area contributed by atoms with Crippen LogP contribution in [0.15, 0.2) is 78.3 Å². The van der Waals surface area contributed by atoms with Crippen LogP contribution in [-0.4, -0.2) is 40.5 Å². The lowest BCUT2D eigenvalue weighted by molar-refractivity contribution is 0.0988. The van der Waals surface area contributed by atoms with E-state index in [0.717, 1.165) is 39.4 Å². The zero-order valence-electron chi connectivity index (χ0n) is 20.7. The first-order chi connectivity index (χ1) is 18.3. The molecule has 0 saturated heterocycles. The van der Waals surface area contributed by atoms with E-state index in [-0.39, 0.29) is 5.56 Å². The zero-order chi connectivity index (χ0) is 27.0. The summed E-state index contributed by atoms with van der Waals surface area (Å²) in [5, 5.41) is 0.776. The Morgan fingerprint density at radius 2 is 1.79 bits per heavy atom. The number of fused-ring (bicyclic) bond motifs is 1. The number of carbonyl (C=O) groups is 2. The first-order valence-corrected chi connectivity index (χ1v) is 11.7. The summed E-state index contributed by atoms with van der Waals surface area (Å²) in [7, 11) is 1.63. The second-order valence-corrected chi connectivity index (χ2v) is 8.76. The van der Waals surface area contributed by atoms with E-state index in [0.29, 0.717) is 22.5 Å². The third kappa shape index (κ3) is 4.20. The van der Waals surface area contributed by atoms with Crippen molar-refractivity contribution in [3.05, 3.63) is 95.8 Å². The van der Waals surface area contributed by atoms with Crippen molar-refractivity contribution in [1.82, 2.24) is 15.0 Å². The summed E-state index contributed by atoms with van der Waals surface area (Å²) >= 11 is 0. The topological polar surface area (TPSA) is 117 Å². The molecular weight excluding hydrogens is 483 g/mol. The molecule has 5 rings (SSSR count). The van der Waals surface area contributed by atoms with E-state index in [2.05, 4.69) is 26.7 Å². The molecule has 188 valence electrons. The van der Waals surface area contributed by atoms with E-state index in [1.165, 1.54) is 23.4 Å². The van der Waals surface area contributed by atoms with Gasteiger partial charge in [0.25, 0.3) is 11.8 Å². The Kier molecular flexibility index (Phi) is 6.26. The van der Waals surface area contributed by atoms with Gasteiger partial charge in [0.2, 0.25) is 0 Å². The van der Waals surface area contributed by atoms with Crippen molar-refractivity contribution in [1.29, 1.82) is 0 Å². The molecule has 0 fully saturated rings. The van der Waals surface area contributed by atoms with Crippen molar-refractivity contribution in [2.45, 2.75) is 6.92 Å². The van der Waals surface area contributed by atoms with E-state index in [9.17, 15) is 14.0 Å². The molecule has 5 aromatic rings. The first kappa shape index (κ1) is 24.5. The quantitative estimate of drug-likeness (QED) is 0.298. The molecule has 8 nitrogen and oxygen atoms in total. The molecule has 2 amide bonds. The minimum atomic E-state index is -0.559. The molecule has 2 aromatic heterocycles. The maximum Gasteiger partial charge on any atom is 0.260 e. The number of benzene rings is 3. The number of rotatable bonds is 6. The van der Waals surface area contributed by atoms with Gasteiger partial charge in [0.05, 0.1) is 22.3 Å². The number of hydrogen-bond acceptors (Lipinski definition) is 5. The highest BCUT2D eigenvalue weighted by molar-refractivity contribution is 6.12. The van der Waals surface area contributed by atoms with Gasteiger partial charge < -0.3 is 15.6 Å². The largest absolute Gasteiger partial charge is 0.366 e. The number of hydrogen-bond donors (Lipinski definition) is 2. The average molecular weight is 507 g/mol. The number of anilines is 1. The molecule has 0 bridgehead atoms. The van der Waals surface area contributed by atoms with Crippen molar-refractivity contribution < 1.29 is 14.0 Å². The standard InChI is InChI=1S/C29H23FN6O2/c1-16-19(5-4-6-26(16)36(3)29(38)23-11-18(30)7-10-24(23)32-2)20-8-9-21(28(31)37)27-22(20)12-25(35-27)17-13-33-15-34-14-17/h4-15,35H,2H2,1,3H3,(H2,31,37). The first-order valence-electron chi connectivity index (χ1n) is 11.7. The van der Waals surface area contributed by atoms with Crippen molar-refractivity contribution in [3.8, 4) is 22.4 Å². The van der Waals surface area contributed by atoms with Crippen LogP contribution in [0.5, 0.6) is 0 Å². The van der Waals surface area contributed by atoms with Gasteiger partial charge in [0.1, 0.15) is 12.1 Å². The van der Waals surface area contributed by atoms with Crippen LogP contribution in [0.4, 0.5) is 15.8 Å². The Balaban J connectivity index is 1.64. The number of aliphatic imine (C=N–C) groups is 1. The maximum absolute atomic E-state index is 14.0. The van der Waals surface area contributed by atoms with Crippen LogP contribution in [0.25, 0.3) is 33.3 Å². The molecule has 3 aromatic carbocycles. The number of nitrogens with two attached hydrogens (primary N) is 1. The van der Waals surface area contributed by atoms with Crippen LogP contribution in [0, 0.1) is 12.7 Å². The zero-order valence-corrected chi connectivity index (χ0v) is 20.7. The number of halogens is 1. The van der Waals surface area contributed by atoms with E-state index in [4.69, 9.17) is 5.73 Å². The summed E-state index contributed by atoms with van der Waals surface area (Å²) in [5.41, 5.74) is 11.6. The van der Waals surface area contributed by atoms with Gasteiger partial charge in [-0.1, -0.05) is 18.2 Å². The minimum absolute atomic E-state index is 0.112. The normalized spacial score (nSPS) is 10.9. The van der Waals surface area contributed by atoms with Gasteiger partial charge in [-0.25, -0.2) is 14.4 Å².